The van der Waals surface area contributed by atoms with Crippen LogP contribution in [0.3, 0.4) is 0 Å². The third-order valence-corrected chi connectivity index (χ3v) is 7.03. The van der Waals surface area contributed by atoms with Gasteiger partial charge in [0.15, 0.2) is 11.6 Å². The number of rotatable bonds is 0. The maximum absolute atomic E-state index is 13.4. The highest BCUT2D eigenvalue weighted by molar-refractivity contribution is 9.11. The Labute approximate surface area is 177 Å². The summed E-state index contributed by atoms with van der Waals surface area (Å²) in [5.41, 5.74) is 6.47. The fourth-order valence-electron chi connectivity index (χ4n) is 4.54. The zero-order valence-corrected chi connectivity index (χ0v) is 17.5. The molecule has 4 aromatic rings. The Morgan fingerprint density at radius 1 is 0.464 bits per heavy atom. The number of carbonyl (C=O) groups excluding carboxylic acids is 2. The van der Waals surface area contributed by atoms with Crippen molar-refractivity contribution in [2.75, 3.05) is 0 Å². The zero-order chi connectivity index (χ0) is 19.2. The molecule has 0 fully saturated rings. The number of fused-ring (bicyclic) bond motifs is 4. The highest BCUT2D eigenvalue weighted by Gasteiger charge is 2.33. The van der Waals surface area contributed by atoms with Gasteiger partial charge in [-0.25, -0.2) is 0 Å². The molecule has 132 valence electrons. The molecule has 2 aliphatic carbocycles. The predicted octanol–water partition coefficient (Wildman–Crippen LogP) is 6.79. The quantitative estimate of drug-likeness (QED) is 0.235. The van der Waals surface area contributed by atoms with Crippen molar-refractivity contribution in [2.24, 2.45) is 0 Å². The lowest BCUT2D eigenvalue weighted by Gasteiger charge is -2.27. The zero-order valence-electron chi connectivity index (χ0n) is 14.3. The maximum Gasteiger partial charge on any atom is 0.195 e. The molecule has 0 heterocycles. The SMILES string of the molecule is O=C1c2ccccc2-c2ccc3c4c(ccc1c24)-c1c(Br)ccc(Br)c1C3=O. The fraction of sp³-hybridized carbons (Fsp3) is 0. The fourth-order valence-corrected chi connectivity index (χ4v) is 5.59. The maximum atomic E-state index is 13.4. The molecule has 0 amide bonds. The second-order valence-corrected chi connectivity index (χ2v) is 8.76. The molecule has 0 spiro atoms. The minimum absolute atomic E-state index is 0.0124. The first kappa shape index (κ1) is 16.4. The van der Waals surface area contributed by atoms with E-state index in [2.05, 4.69) is 31.9 Å². The first-order valence-corrected chi connectivity index (χ1v) is 10.4. The number of carbonyl (C=O) groups is 2. The van der Waals surface area contributed by atoms with Crippen molar-refractivity contribution in [3.63, 3.8) is 0 Å². The van der Waals surface area contributed by atoms with E-state index in [4.69, 9.17) is 0 Å². The molecule has 0 aromatic heterocycles. The number of hydrogen-bond donors (Lipinski definition) is 0. The average Bonchev–Trinajstić information content (AvgIpc) is 2.72. The summed E-state index contributed by atoms with van der Waals surface area (Å²) < 4.78 is 1.64. The predicted molar refractivity (Wildman–Crippen MR) is 117 cm³/mol. The van der Waals surface area contributed by atoms with Gasteiger partial charge in [0, 0.05) is 47.5 Å². The molecule has 4 aromatic carbocycles. The van der Waals surface area contributed by atoms with Gasteiger partial charge in [0.2, 0.25) is 0 Å². The molecule has 0 atom stereocenters. The van der Waals surface area contributed by atoms with Crippen LogP contribution in [0.1, 0.15) is 31.8 Å². The highest BCUT2D eigenvalue weighted by atomic mass is 79.9. The van der Waals surface area contributed by atoms with Gasteiger partial charge < -0.3 is 0 Å². The van der Waals surface area contributed by atoms with Gasteiger partial charge in [-0.15, -0.1) is 0 Å². The smallest absolute Gasteiger partial charge is 0.195 e. The van der Waals surface area contributed by atoms with Crippen LogP contribution in [0, 0.1) is 0 Å². The van der Waals surface area contributed by atoms with Crippen molar-refractivity contribution in [2.45, 2.75) is 0 Å². The van der Waals surface area contributed by atoms with Crippen LogP contribution in [-0.2, 0) is 0 Å². The number of benzene rings is 4. The topological polar surface area (TPSA) is 34.1 Å². The lowest BCUT2D eigenvalue weighted by molar-refractivity contribution is 0.103. The molecule has 28 heavy (non-hydrogen) atoms. The molecule has 0 unspecified atom stereocenters. The molecule has 0 bridgehead atoms. The van der Waals surface area contributed by atoms with E-state index in [0.29, 0.717) is 22.3 Å². The van der Waals surface area contributed by atoms with Crippen molar-refractivity contribution in [3.05, 3.63) is 91.9 Å². The second kappa shape index (κ2) is 5.49. The van der Waals surface area contributed by atoms with Crippen molar-refractivity contribution < 1.29 is 9.59 Å². The van der Waals surface area contributed by atoms with E-state index in [1.807, 2.05) is 60.7 Å². The normalized spacial score (nSPS) is 13.5. The summed E-state index contributed by atoms with van der Waals surface area (Å²) in [5, 5.41) is 1.75. The van der Waals surface area contributed by atoms with Crippen molar-refractivity contribution in [1.29, 1.82) is 0 Å². The summed E-state index contributed by atoms with van der Waals surface area (Å²) in [7, 11) is 0. The van der Waals surface area contributed by atoms with Crippen LogP contribution in [0.25, 0.3) is 33.0 Å². The van der Waals surface area contributed by atoms with Crippen LogP contribution < -0.4 is 0 Å². The number of halogens is 2. The van der Waals surface area contributed by atoms with Gasteiger partial charge in [0.25, 0.3) is 0 Å². The Bertz CT molecular complexity index is 1420. The lowest BCUT2D eigenvalue weighted by atomic mass is 9.76. The van der Waals surface area contributed by atoms with E-state index >= 15 is 0 Å². The van der Waals surface area contributed by atoms with E-state index < -0.39 is 0 Å². The van der Waals surface area contributed by atoms with E-state index in [1.165, 1.54) is 0 Å². The summed E-state index contributed by atoms with van der Waals surface area (Å²) in [5.74, 6) is -0.0102. The summed E-state index contributed by atoms with van der Waals surface area (Å²) in [4.78, 5) is 26.6. The molecule has 0 N–H and O–H groups in total. The standard InChI is InChI=1S/C24H10Br2O2/c25-17-9-10-18(26)22-21(17)14-6-8-15-19-12(5-7-16(20(14)19)24(22)28)11-3-1-2-4-13(11)23(15)27/h1-10H. The van der Waals surface area contributed by atoms with Gasteiger partial charge >= 0.3 is 0 Å². The second-order valence-electron chi connectivity index (χ2n) is 7.05. The van der Waals surface area contributed by atoms with Gasteiger partial charge in [-0.05, 0) is 41.0 Å². The molecular formula is C24H10Br2O2. The minimum atomic E-state index is -0.0225. The third kappa shape index (κ3) is 1.87. The van der Waals surface area contributed by atoms with Crippen LogP contribution in [0.4, 0.5) is 0 Å². The average molecular weight is 490 g/mol. The number of ketones is 2. The van der Waals surface area contributed by atoms with Gasteiger partial charge in [0.1, 0.15) is 0 Å². The lowest BCUT2D eigenvalue weighted by Crippen LogP contribution is -2.16. The summed E-state index contributed by atoms with van der Waals surface area (Å²) in [6, 6.07) is 19.3. The molecular weight excluding hydrogens is 480 g/mol. The minimum Gasteiger partial charge on any atom is -0.289 e. The Hall–Kier alpha value is -2.56. The van der Waals surface area contributed by atoms with Crippen molar-refractivity contribution in [1.82, 2.24) is 0 Å². The molecule has 2 nitrogen and oxygen atoms in total. The van der Waals surface area contributed by atoms with E-state index in [-0.39, 0.29) is 11.6 Å². The van der Waals surface area contributed by atoms with Gasteiger partial charge in [-0.3, -0.25) is 9.59 Å². The Balaban J connectivity index is 1.86. The van der Waals surface area contributed by atoms with E-state index in [0.717, 1.165) is 42.0 Å². The Morgan fingerprint density at radius 2 is 1.00 bits per heavy atom. The monoisotopic (exact) mass is 488 g/mol. The first-order chi connectivity index (χ1) is 13.6. The van der Waals surface area contributed by atoms with E-state index in [9.17, 15) is 9.59 Å². The van der Waals surface area contributed by atoms with Crippen LogP contribution >= 0.6 is 31.9 Å². The molecule has 6 rings (SSSR count). The molecule has 0 saturated heterocycles. The molecule has 4 heteroatoms. The molecule has 0 radical (unpaired) electrons. The summed E-state index contributed by atoms with van der Waals surface area (Å²) >= 11 is 7.17. The van der Waals surface area contributed by atoms with Crippen LogP contribution in [0.5, 0.6) is 0 Å². The third-order valence-electron chi connectivity index (χ3n) is 5.71. The molecule has 0 aliphatic heterocycles. The largest absolute Gasteiger partial charge is 0.289 e. The van der Waals surface area contributed by atoms with Crippen molar-refractivity contribution >= 4 is 54.2 Å². The molecule has 2 aliphatic rings. The Kier molecular flexibility index (Phi) is 3.22. The summed E-state index contributed by atoms with van der Waals surface area (Å²) in [6.07, 6.45) is 0. The first-order valence-electron chi connectivity index (χ1n) is 8.85. The summed E-state index contributed by atoms with van der Waals surface area (Å²) in [6.45, 7) is 0. The van der Waals surface area contributed by atoms with Gasteiger partial charge in [-0.1, -0.05) is 68.3 Å². The van der Waals surface area contributed by atoms with Crippen LogP contribution in [0.15, 0.2) is 69.6 Å². The van der Waals surface area contributed by atoms with Crippen molar-refractivity contribution in [3.8, 4) is 22.3 Å². The van der Waals surface area contributed by atoms with Gasteiger partial charge in [-0.2, -0.15) is 0 Å². The highest BCUT2D eigenvalue weighted by Crippen LogP contribution is 2.49. The molecule has 0 saturated carbocycles. The van der Waals surface area contributed by atoms with Gasteiger partial charge in [0.05, 0.1) is 0 Å². The number of hydrogen-bond acceptors (Lipinski definition) is 2. The Morgan fingerprint density at radius 3 is 1.75 bits per heavy atom. The van der Waals surface area contributed by atoms with Crippen LogP contribution in [0.2, 0.25) is 0 Å². The van der Waals surface area contributed by atoms with E-state index in [1.54, 1.807) is 0 Å². The van der Waals surface area contributed by atoms with Crippen LogP contribution in [-0.4, -0.2) is 11.6 Å².